The highest BCUT2D eigenvalue weighted by molar-refractivity contribution is 7.16. The van der Waals surface area contributed by atoms with Crippen LogP contribution in [0.1, 0.15) is 15.6 Å². The number of thiazole rings is 1. The van der Waals surface area contributed by atoms with Gasteiger partial charge in [0.25, 0.3) is 0 Å². The lowest BCUT2D eigenvalue weighted by Crippen LogP contribution is -2.45. The number of carboxylic acid groups (broad SMARTS) is 4. The number of aromatic nitrogens is 1. The molecule has 1 aliphatic rings. The van der Waals surface area contributed by atoms with Crippen LogP contribution >= 0.6 is 34.3 Å². The van der Waals surface area contributed by atoms with Crippen molar-refractivity contribution in [2.45, 2.75) is 20.0 Å². The van der Waals surface area contributed by atoms with Crippen molar-refractivity contribution in [2.24, 2.45) is 0 Å². The van der Waals surface area contributed by atoms with Crippen LogP contribution in [0, 0.1) is 6.92 Å². The fourth-order valence-corrected chi connectivity index (χ4v) is 4.21. The maximum atomic E-state index is 9.10. The molecule has 1 fully saturated rings. The van der Waals surface area contributed by atoms with Crippen molar-refractivity contribution in [1.29, 1.82) is 0 Å². The summed E-state index contributed by atoms with van der Waals surface area (Å²) in [7, 11) is 0. The molecule has 0 aromatic carbocycles. The molecule has 3 heterocycles. The van der Waals surface area contributed by atoms with Crippen LogP contribution in [0.25, 0.3) is 0 Å². The van der Waals surface area contributed by atoms with Gasteiger partial charge in [0.15, 0.2) is 0 Å². The Kier molecular flexibility index (Phi) is 11.8. The van der Waals surface area contributed by atoms with Gasteiger partial charge in [0.1, 0.15) is 0 Å². The number of aliphatic carboxylic acids is 4. The van der Waals surface area contributed by atoms with Crippen LogP contribution in [0.5, 0.6) is 0 Å². The Morgan fingerprint density at radius 3 is 1.72 bits per heavy atom. The van der Waals surface area contributed by atoms with Gasteiger partial charge in [-0.05, 0) is 19.1 Å². The van der Waals surface area contributed by atoms with E-state index < -0.39 is 23.9 Å². The molecule has 2 aromatic rings. The maximum absolute atomic E-state index is 9.10. The van der Waals surface area contributed by atoms with Crippen molar-refractivity contribution in [3.8, 4) is 0 Å². The lowest BCUT2D eigenvalue weighted by molar-refractivity contribution is -0.159. The molecule has 4 N–H and O–H groups in total. The smallest absolute Gasteiger partial charge is 0.414 e. The second-order valence-corrected chi connectivity index (χ2v) is 9.20. The second kappa shape index (κ2) is 13.8. The highest BCUT2D eigenvalue weighted by Gasteiger charge is 2.18. The molecule has 0 unspecified atom stereocenters. The number of aryl methyl sites for hydroxylation is 1. The summed E-state index contributed by atoms with van der Waals surface area (Å²) in [6, 6.07) is 4.12. The summed E-state index contributed by atoms with van der Waals surface area (Å²) in [5.41, 5.74) is 1.21. The first kappa shape index (κ1) is 27.5. The number of piperazine rings is 1. The van der Waals surface area contributed by atoms with Crippen molar-refractivity contribution in [2.75, 3.05) is 26.2 Å². The average molecular weight is 508 g/mol. The summed E-state index contributed by atoms with van der Waals surface area (Å²) in [6.45, 7) is 8.57. The van der Waals surface area contributed by atoms with Crippen LogP contribution in [0.15, 0.2) is 17.5 Å². The Balaban J connectivity index is 0.000000355. The second-order valence-electron chi connectivity index (χ2n) is 6.34. The Bertz CT molecular complexity index is 827. The topological polar surface area (TPSA) is 169 Å². The Morgan fingerprint density at radius 1 is 0.906 bits per heavy atom. The van der Waals surface area contributed by atoms with Crippen LogP contribution in [0.3, 0.4) is 0 Å². The highest BCUT2D eigenvalue weighted by Crippen LogP contribution is 2.23. The first-order chi connectivity index (χ1) is 15.0. The molecular formula is C18H22ClN3O8S2. The van der Waals surface area contributed by atoms with E-state index in [2.05, 4.69) is 33.2 Å². The van der Waals surface area contributed by atoms with E-state index in [1.807, 2.05) is 6.07 Å². The molecule has 14 heteroatoms. The molecule has 0 bridgehead atoms. The van der Waals surface area contributed by atoms with Gasteiger partial charge >= 0.3 is 23.9 Å². The van der Waals surface area contributed by atoms with Gasteiger partial charge in [-0.15, -0.1) is 22.7 Å². The summed E-state index contributed by atoms with van der Waals surface area (Å²) in [5, 5.41) is 32.9. The van der Waals surface area contributed by atoms with Gasteiger partial charge < -0.3 is 20.4 Å². The predicted octanol–water partition coefficient (Wildman–Crippen LogP) is 1.80. The van der Waals surface area contributed by atoms with Crippen LogP contribution in [0.4, 0.5) is 0 Å². The molecule has 2 aromatic heterocycles. The summed E-state index contributed by atoms with van der Waals surface area (Å²) >= 11 is 9.41. The van der Waals surface area contributed by atoms with E-state index in [-0.39, 0.29) is 0 Å². The first-order valence-electron chi connectivity index (χ1n) is 9.00. The van der Waals surface area contributed by atoms with E-state index in [0.717, 1.165) is 48.6 Å². The van der Waals surface area contributed by atoms with Gasteiger partial charge in [-0.2, -0.15) is 0 Å². The van der Waals surface area contributed by atoms with E-state index in [1.54, 1.807) is 22.7 Å². The lowest BCUT2D eigenvalue weighted by atomic mass is 10.3. The molecule has 11 nitrogen and oxygen atoms in total. The molecular weight excluding hydrogens is 486 g/mol. The minimum atomic E-state index is -1.82. The number of hydrogen-bond donors (Lipinski definition) is 4. The van der Waals surface area contributed by atoms with Crippen LogP contribution in [0.2, 0.25) is 4.34 Å². The van der Waals surface area contributed by atoms with E-state index in [1.165, 1.54) is 10.6 Å². The number of rotatable bonds is 4. The maximum Gasteiger partial charge on any atom is 0.414 e. The van der Waals surface area contributed by atoms with Crippen molar-refractivity contribution in [3.63, 3.8) is 0 Å². The predicted molar refractivity (Wildman–Crippen MR) is 117 cm³/mol. The third-order valence-corrected chi connectivity index (χ3v) is 5.93. The van der Waals surface area contributed by atoms with Crippen molar-refractivity contribution in [3.05, 3.63) is 37.4 Å². The fourth-order valence-electron chi connectivity index (χ4n) is 2.47. The number of carboxylic acids is 4. The molecule has 32 heavy (non-hydrogen) atoms. The number of thiophene rings is 1. The summed E-state index contributed by atoms with van der Waals surface area (Å²) in [6.07, 6.45) is 0. The molecule has 3 rings (SSSR count). The normalized spacial score (nSPS) is 13.8. The zero-order valence-corrected chi connectivity index (χ0v) is 19.3. The minimum absolute atomic E-state index is 0.887. The van der Waals surface area contributed by atoms with Gasteiger partial charge in [0.05, 0.1) is 15.0 Å². The van der Waals surface area contributed by atoms with Crippen molar-refractivity contribution >= 4 is 58.2 Å². The Hall–Kier alpha value is -2.58. The lowest BCUT2D eigenvalue weighted by Gasteiger charge is -2.34. The number of hydrogen-bond acceptors (Lipinski definition) is 9. The first-order valence-corrected chi connectivity index (χ1v) is 11.1. The number of nitrogens with zero attached hydrogens (tertiary/aromatic N) is 3. The Morgan fingerprint density at radius 2 is 1.38 bits per heavy atom. The largest absolute Gasteiger partial charge is 0.473 e. The van der Waals surface area contributed by atoms with Gasteiger partial charge in [0, 0.05) is 49.5 Å². The molecule has 1 aliphatic heterocycles. The van der Waals surface area contributed by atoms with E-state index in [9.17, 15) is 0 Å². The van der Waals surface area contributed by atoms with E-state index in [0.29, 0.717) is 0 Å². The molecule has 176 valence electrons. The minimum Gasteiger partial charge on any atom is -0.473 e. The quantitative estimate of drug-likeness (QED) is 0.445. The zero-order valence-electron chi connectivity index (χ0n) is 16.9. The highest BCUT2D eigenvalue weighted by atomic mass is 35.5. The third-order valence-electron chi connectivity index (χ3n) is 3.89. The molecule has 1 saturated heterocycles. The molecule has 0 spiro atoms. The summed E-state index contributed by atoms with van der Waals surface area (Å²) in [5.74, 6) is -7.30. The Labute approximate surface area is 196 Å². The van der Waals surface area contributed by atoms with Gasteiger partial charge in [-0.3, -0.25) is 9.80 Å². The van der Waals surface area contributed by atoms with E-state index >= 15 is 0 Å². The standard InChI is InChI=1S/C14H18ClN3S2.2C2H2O4/c1-11-16-12(10-19-11)8-17-4-6-18(7-5-17)9-13-2-3-14(15)20-13;2*3-1(4)2(5)6/h2-3,10H,4-9H2,1H3;2*(H,3,4)(H,5,6). The molecule has 0 aliphatic carbocycles. The summed E-state index contributed by atoms with van der Waals surface area (Å²) in [4.78, 5) is 47.3. The van der Waals surface area contributed by atoms with Gasteiger partial charge in [0.2, 0.25) is 0 Å². The van der Waals surface area contributed by atoms with Gasteiger partial charge in [-0.1, -0.05) is 11.6 Å². The molecule has 0 radical (unpaired) electrons. The summed E-state index contributed by atoms with van der Waals surface area (Å²) < 4.78 is 0.887. The fraction of sp³-hybridized carbons (Fsp3) is 0.389. The van der Waals surface area contributed by atoms with Crippen LogP contribution in [-0.2, 0) is 32.3 Å². The van der Waals surface area contributed by atoms with Crippen LogP contribution < -0.4 is 0 Å². The monoisotopic (exact) mass is 507 g/mol. The van der Waals surface area contributed by atoms with Crippen molar-refractivity contribution < 1.29 is 39.6 Å². The molecule has 0 amide bonds. The van der Waals surface area contributed by atoms with E-state index in [4.69, 9.17) is 51.2 Å². The zero-order chi connectivity index (χ0) is 24.3. The van der Waals surface area contributed by atoms with Gasteiger partial charge in [-0.25, -0.2) is 24.2 Å². The third kappa shape index (κ3) is 11.2. The number of carbonyl (C=O) groups is 4. The molecule has 0 saturated carbocycles. The molecule has 0 atom stereocenters. The average Bonchev–Trinajstić information content (AvgIpc) is 3.31. The number of halogens is 1. The SMILES string of the molecule is Cc1nc(CN2CCN(Cc3ccc(Cl)s3)CC2)cs1.O=C(O)C(=O)O.O=C(O)C(=O)O. The van der Waals surface area contributed by atoms with Crippen molar-refractivity contribution in [1.82, 2.24) is 14.8 Å². The van der Waals surface area contributed by atoms with Crippen LogP contribution in [-0.4, -0.2) is 85.3 Å².